The van der Waals surface area contributed by atoms with Crippen LogP contribution in [0.4, 0.5) is 0 Å². The SMILES string of the molecule is NC1COCC1c1nc(-c2nccc3ccccc23)no1. The van der Waals surface area contributed by atoms with Gasteiger partial charge in [0.15, 0.2) is 0 Å². The Morgan fingerprint density at radius 3 is 2.90 bits per heavy atom. The molecule has 106 valence electrons. The number of nitrogens with zero attached hydrogens (tertiary/aromatic N) is 3. The van der Waals surface area contributed by atoms with Gasteiger partial charge in [0.2, 0.25) is 11.7 Å². The summed E-state index contributed by atoms with van der Waals surface area (Å²) in [7, 11) is 0. The second-order valence-electron chi connectivity index (χ2n) is 5.14. The monoisotopic (exact) mass is 282 g/mol. The van der Waals surface area contributed by atoms with Crippen molar-refractivity contribution in [3.8, 4) is 11.5 Å². The van der Waals surface area contributed by atoms with Crippen LogP contribution < -0.4 is 5.73 Å². The van der Waals surface area contributed by atoms with Crippen molar-refractivity contribution < 1.29 is 9.26 Å². The van der Waals surface area contributed by atoms with Crippen molar-refractivity contribution in [1.29, 1.82) is 0 Å². The molecule has 0 amide bonds. The average Bonchev–Trinajstić information content (AvgIpc) is 3.15. The molecule has 2 unspecified atom stereocenters. The largest absolute Gasteiger partial charge is 0.379 e. The lowest BCUT2D eigenvalue weighted by atomic mass is 10.1. The number of ether oxygens (including phenoxy) is 1. The summed E-state index contributed by atoms with van der Waals surface area (Å²) in [5, 5.41) is 6.15. The lowest BCUT2D eigenvalue weighted by Gasteiger charge is -2.06. The highest BCUT2D eigenvalue weighted by atomic mass is 16.5. The highest BCUT2D eigenvalue weighted by Crippen LogP contribution is 2.28. The smallest absolute Gasteiger partial charge is 0.234 e. The van der Waals surface area contributed by atoms with Crippen molar-refractivity contribution in [2.24, 2.45) is 5.73 Å². The van der Waals surface area contributed by atoms with Gasteiger partial charge in [0.05, 0.1) is 19.1 Å². The number of hydrogen-bond acceptors (Lipinski definition) is 6. The molecule has 2 N–H and O–H groups in total. The molecule has 4 rings (SSSR count). The van der Waals surface area contributed by atoms with Gasteiger partial charge >= 0.3 is 0 Å². The fraction of sp³-hybridized carbons (Fsp3) is 0.267. The summed E-state index contributed by atoms with van der Waals surface area (Å²) in [6, 6.07) is 9.84. The van der Waals surface area contributed by atoms with Gasteiger partial charge in [-0.2, -0.15) is 4.98 Å². The lowest BCUT2D eigenvalue weighted by Crippen LogP contribution is -2.26. The summed E-state index contributed by atoms with van der Waals surface area (Å²) in [5.41, 5.74) is 6.70. The zero-order valence-corrected chi connectivity index (χ0v) is 11.3. The fourth-order valence-electron chi connectivity index (χ4n) is 2.61. The van der Waals surface area contributed by atoms with Crippen LogP contribution in [0.15, 0.2) is 41.1 Å². The van der Waals surface area contributed by atoms with Crippen molar-refractivity contribution in [3.63, 3.8) is 0 Å². The van der Waals surface area contributed by atoms with Crippen LogP contribution in [0.2, 0.25) is 0 Å². The first-order valence-electron chi connectivity index (χ1n) is 6.84. The Labute approximate surface area is 120 Å². The number of benzene rings is 1. The number of pyridine rings is 1. The van der Waals surface area contributed by atoms with E-state index in [0.717, 1.165) is 16.5 Å². The van der Waals surface area contributed by atoms with Crippen LogP contribution in [0.25, 0.3) is 22.3 Å². The van der Waals surface area contributed by atoms with E-state index in [1.807, 2.05) is 30.3 Å². The quantitative estimate of drug-likeness (QED) is 0.770. The van der Waals surface area contributed by atoms with Gasteiger partial charge in [-0.05, 0) is 11.5 Å². The van der Waals surface area contributed by atoms with Gasteiger partial charge < -0.3 is 15.0 Å². The Morgan fingerprint density at radius 2 is 2.05 bits per heavy atom. The van der Waals surface area contributed by atoms with Crippen LogP contribution >= 0.6 is 0 Å². The molecular weight excluding hydrogens is 268 g/mol. The second-order valence-corrected chi connectivity index (χ2v) is 5.14. The van der Waals surface area contributed by atoms with Crippen molar-refractivity contribution in [2.75, 3.05) is 13.2 Å². The number of aromatic nitrogens is 3. The number of nitrogens with two attached hydrogens (primary N) is 1. The van der Waals surface area contributed by atoms with E-state index in [1.54, 1.807) is 6.20 Å². The summed E-state index contributed by atoms with van der Waals surface area (Å²) in [4.78, 5) is 8.85. The number of rotatable bonds is 2. The predicted molar refractivity (Wildman–Crippen MR) is 76.6 cm³/mol. The maximum Gasteiger partial charge on any atom is 0.234 e. The Morgan fingerprint density at radius 1 is 1.14 bits per heavy atom. The fourth-order valence-corrected chi connectivity index (χ4v) is 2.61. The van der Waals surface area contributed by atoms with Crippen molar-refractivity contribution >= 4 is 10.8 Å². The van der Waals surface area contributed by atoms with E-state index in [9.17, 15) is 0 Å². The van der Waals surface area contributed by atoms with E-state index < -0.39 is 0 Å². The molecule has 1 aliphatic rings. The molecule has 1 saturated heterocycles. The molecule has 1 aromatic carbocycles. The van der Waals surface area contributed by atoms with Gasteiger partial charge in [-0.1, -0.05) is 29.4 Å². The molecule has 3 aromatic rings. The summed E-state index contributed by atoms with van der Waals surface area (Å²) < 4.78 is 10.7. The molecule has 0 bridgehead atoms. The van der Waals surface area contributed by atoms with Gasteiger partial charge in [-0.3, -0.25) is 4.98 Å². The third-order valence-corrected chi connectivity index (χ3v) is 3.77. The van der Waals surface area contributed by atoms with Crippen molar-refractivity contribution in [2.45, 2.75) is 12.0 Å². The molecule has 6 heteroatoms. The van der Waals surface area contributed by atoms with Gasteiger partial charge in [0, 0.05) is 17.6 Å². The van der Waals surface area contributed by atoms with Crippen LogP contribution in [0.5, 0.6) is 0 Å². The molecule has 0 aliphatic carbocycles. The first-order chi connectivity index (χ1) is 10.3. The normalized spacial score (nSPS) is 22.0. The van der Waals surface area contributed by atoms with Crippen LogP contribution in [0.1, 0.15) is 11.8 Å². The van der Waals surface area contributed by atoms with E-state index in [4.69, 9.17) is 15.0 Å². The van der Waals surface area contributed by atoms with Crippen LogP contribution in [-0.2, 0) is 4.74 Å². The number of hydrogen-bond donors (Lipinski definition) is 1. The van der Waals surface area contributed by atoms with Crippen LogP contribution in [-0.4, -0.2) is 34.4 Å². The highest BCUT2D eigenvalue weighted by Gasteiger charge is 2.31. The minimum Gasteiger partial charge on any atom is -0.379 e. The van der Waals surface area contributed by atoms with Crippen molar-refractivity contribution in [1.82, 2.24) is 15.1 Å². The van der Waals surface area contributed by atoms with Crippen molar-refractivity contribution in [3.05, 3.63) is 42.4 Å². The molecule has 1 aliphatic heterocycles. The zero-order valence-electron chi connectivity index (χ0n) is 11.3. The van der Waals surface area contributed by atoms with Crippen LogP contribution in [0.3, 0.4) is 0 Å². The van der Waals surface area contributed by atoms with Gasteiger partial charge in [-0.25, -0.2) is 0 Å². The standard InChI is InChI=1S/C15H14N4O2/c16-12-8-20-7-11(12)15-18-14(19-21-15)13-10-4-2-1-3-9(10)5-6-17-13/h1-6,11-12H,7-8,16H2. The molecule has 0 saturated carbocycles. The first kappa shape index (κ1) is 12.4. The maximum atomic E-state index is 5.98. The molecule has 21 heavy (non-hydrogen) atoms. The first-order valence-corrected chi connectivity index (χ1v) is 6.84. The maximum absolute atomic E-state index is 5.98. The predicted octanol–water partition coefficient (Wildman–Crippen LogP) is 1.73. The van der Waals surface area contributed by atoms with E-state index in [-0.39, 0.29) is 12.0 Å². The topological polar surface area (TPSA) is 87.1 Å². The highest BCUT2D eigenvalue weighted by molar-refractivity contribution is 5.92. The molecular formula is C15H14N4O2. The Bertz CT molecular complexity index is 781. The molecule has 0 radical (unpaired) electrons. The third-order valence-electron chi connectivity index (χ3n) is 3.77. The Hall–Kier alpha value is -2.31. The van der Waals surface area contributed by atoms with Gasteiger partial charge in [0.1, 0.15) is 5.69 Å². The second kappa shape index (κ2) is 4.91. The molecule has 3 heterocycles. The molecule has 1 fully saturated rings. The molecule has 2 aromatic heterocycles. The Kier molecular flexibility index (Phi) is 2.90. The van der Waals surface area contributed by atoms with Crippen LogP contribution in [0, 0.1) is 0 Å². The summed E-state index contributed by atoms with van der Waals surface area (Å²) in [6.07, 6.45) is 1.75. The average molecular weight is 282 g/mol. The third kappa shape index (κ3) is 2.09. The van der Waals surface area contributed by atoms with E-state index >= 15 is 0 Å². The summed E-state index contributed by atoms with van der Waals surface area (Å²) >= 11 is 0. The van der Waals surface area contributed by atoms with Gasteiger partial charge in [0.25, 0.3) is 0 Å². The van der Waals surface area contributed by atoms with E-state index in [2.05, 4.69) is 15.1 Å². The summed E-state index contributed by atoms with van der Waals surface area (Å²) in [6.45, 7) is 1.04. The minimum atomic E-state index is -0.0984. The molecule has 6 nitrogen and oxygen atoms in total. The zero-order chi connectivity index (χ0) is 14.2. The lowest BCUT2D eigenvalue weighted by molar-refractivity contribution is 0.187. The Balaban J connectivity index is 1.78. The summed E-state index contributed by atoms with van der Waals surface area (Å²) in [5.74, 6) is 0.965. The van der Waals surface area contributed by atoms with E-state index in [0.29, 0.717) is 24.9 Å². The molecule has 2 atom stereocenters. The number of fused-ring (bicyclic) bond motifs is 1. The minimum absolute atomic E-state index is 0.0405. The molecule has 0 spiro atoms. The van der Waals surface area contributed by atoms with E-state index in [1.165, 1.54) is 0 Å². The van der Waals surface area contributed by atoms with Gasteiger partial charge in [-0.15, -0.1) is 0 Å².